The number of benzene rings is 2. The molecule has 4 rings (SSSR count). The van der Waals surface area contributed by atoms with E-state index in [1.807, 2.05) is 60.4 Å². The number of carbonyl (C=O) groups excluding carboxylic acids is 2. The van der Waals surface area contributed by atoms with E-state index in [0.717, 1.165) is 42.6 Å². The summed E-state index contributed by atoms with van der Waals surface area (Å²) < 4.78 is 5.28. The van der Waals surface area contributed by atoms with Gasteiger partial charge in [0.2, 0.25) is 5.91 Å². The fraction of sp³-hybridized carbons (Fsp3) is 0.440. The average Bonchev–Trinajstić information content (AvgIpc) is 2.78. The maximum atomic E-state index is 13.7. The summed E-state index contributed by atoms with van der Waals surface area (Å²) in [5.74, 6) is 0.794. The minimum atomic E-state index is -0.597. The lowest BCUT2D eigenvalue weighted by molar-refractivity contribution is -0.160. The van der Waals surface area contributed by atoms with E-state index in [4.69, 9.17) is 4.74 Å². The molecular formula is C25H30N2O3. The Labute approximate surface area is 178 Å². The predicted molar refractivity (Wildman–Crippen MR) is 116 cm³/mol. The van der Waals surface area contributed by atoms with E-state index in [9.17, 15) is 9.59 Å². The number of rotatable bonds is 5. The summed E-state index contributed by atoms with van der Waals surface area (Å²) >= 11 is 0. The molecule has 2 aromatic rings. The van der Waals surface area contributed by atoms with Crippen molar-refractivity contribution in [2.45, 2.75) is 57.7 Å². The van der Waals surface area contributed by atoms with E-state index in [1.54, 1.807) is 12.0 Å². The standard InChI is InChI=1S/C25H30N2O3/c1-18-8-10-19(11-9-18)16-27-23(28)17-26(21-6-4-3-5-7-21)25(29)24(27)20-12-14-22(30-2)15-13-20/h8-15,21,24H,3-7,16-17H2,1-2H3/t24-/m1/s1. The molecule has 1 heterocycles. The van der Waals surface area contributed by atoms with Gasteiger partial charge in [0.1, 0.15) is 18.3 Å². The van der Waals surface area contributed by atoms with Gasteiger partial charge < -0.3 is 14.5 Å². The van der Waals surface area contributed by atoms with Crippen molar-refractivity contribution in [1.29, 1.82) is 0 Å². The molecular weight excluding hydrogens is 376 g/mol. The van der Waals surface area contributed by atoms with E-state index in [-0.39, 0.29) is 24.4 Å². The summed E-state index contributed by atoms with van der Waals surface area (Å²) in [6.45, 7) is 2.66. The molecule has 2 fully saturated rings. The summed E-state index contributed by atoms with van der Waals surface area (Å²) in [4.78, 5) is 30.6. The predicted octanol–water partition coefficient (Wildman–Crippen LogP) is 4.25. The Hall–Kier alpha value is -2.82. The first-order valence-corrected chi connectivity index (χ1v) is 10.9. The minimum Gasteiger partial charge on any atom is -0.497 e. The zero-order valence-electron chi connectivity index (χ0n) is 17.8. The molecule has 0 unspecified atom stereocenters. The van der Waals surface area contributed by atoms with Crippen LogP contribution in [0.2, 0.25) is 0 Å². The second-order valence-corrected chi connectivity index (χ2v) is 8.44. The lowest BCUT2D eigenvalue weighted by Crippen LogP contribution is -2.58. The number of piperazine rings is 1. The molecule has 2 aliphatic rings. The van der Waals surface area contributed by atoms with Crippen LogP contribution in [0.15, 0.2) is 48.5 Å². The molecule has 1 aliphatic heterocycles. The minimum absolute atomic E-state index is 0.0153. The highest BCUT2D eigenvalue weighted by atomic mass is 16.5. The fourth-order valence-electron chi connectivity index (χ4n) is 4.63. The summed E-state index contributed by atoms with van der Waals surface area (Å²) in [7, 11) is 1.62. The van der Waals surface area contributed by atoms with Crippen molar-refractivity contribution in [3.8, 4) is 5.75 Å². The first-order chi connectivity index (χ1) is 14.6. The van der Waals surface area contributed by atoms with E-state index < -0.39 is 6.04 Å². The lowest BCUT2D eigenvalue weighted by Gasteiger charge is -2.44. The third kappa shape index (κ3) is 4.20. The Bertz CT molecular complexity index is 886. The number of carbonyl (C=O) groups is 2. The number of nitrogens with zero attached hydrogens (tertiary/aromatic N) is 2. The van der Waals surface area contributed by atoms with E-state index >= 15 is 0 Å². The Balaban J connectivity index is 1.66. The van der Waals surface area contributed by atoms with Crippen LogP contribution in [0.1, 0.15) is 54.8 Å². The van der Waals surface area contributed by atoms with Crippen LogP contribution < -0.4 is 4.74 Å². The van der Waals surface area contributed by atoms with Gasteiger partial charge >= 0.3 is 0 Å². The van der Waals surface area contributed by atoms with Crippen LogP contribution in [0.3, 0.4) is 0 Å². The van der Waals surface area contributed by atoms with Gasteiger partial charge in [-0.05, 0) is 43.0 Å². The molecule has 1 aliphatic carbocycles. The van der Waals surface area contributed by atoms with Gasteiger partial charge in [-0.1, -0.05) is 61.2 Å². The van der Waals surface area contributed by atoms with Crippen molar-refractivity contribution in [1.82, 2.24) is 9.80 Å². The number of hydrogen-bond acceptors (Lipinski definition) is 3. The maximum Gasteiger partial charge on any atom is 0.250 e. The van der Waals surface area contributed by atoms with Gasteiger partial charge in [-0.3, -0.25) is 9.59 Å². The smallest absolute Gasteiger partial charge is 0.250 e. The van der Waals surface area contributed by atoms with Crippen molar-refractivity contribution in [2.24, 2.45) is 0 Å². The van der Waals surface area contributed by atoms with Crippen LogP contribution in [0, 0.1) is 6.92 Å². The number of aryl methyl sites for hydroxylation is 1. The summed E-state index contributed by atoms with van der Waals surface area (Å²) in [6, 6.07) is 15.3. The number of ether oxygens (including phenoxy) is 1. The first kappa shape index (κ1) is 20.5. The second kappa shape index (κ2) is 8.90. The zero-order valence-corrected chi connectivity index (χ0v) is 17.8. The molecule has 1 atom stereocenters. The number of hydrogen-bond donors (Lipinski definition) is 0. The highest BCUT2D eigenvalue weighted by molar-refractivity contribution is 5.95. The first-order valence-electron chi connectivity index (χ1n) is 10.9. The molecule has 2 aromatic carbocycles. The Morgan fingerprint density at radius 2 is 1.60 bits per heavy atom. The van der Waals surface area contributed by atoms with E-state index in [0.29, 0.717) is 6.54 Å². The average molecular weight is 407 g/mol. The van der Waals surface area contributed by atoms with Crippen molar-refractivity contribution in [2.75, 3.05) is 13.7 Å². The summed E-state index contributed by atoms with van der Waals surface area (Å²) in [5.41, 5.74) is 3.04. The Kier molecular flexibility index (Phi) is 6.07. The molecule has 5 heteroatoms. The largest absolute Gasteiger partial charge is 0.497 e. The van der Waals surface area contributed by atoms with Crippen molar-refractivity contribution < 1.29 is 14.3 Å². The van der Waals surface area contributed by atoms with Gasteiger partial charge in [-0.2, -0.15) is 0 Å². The van der Waals surface area contributed by atoms with Gasteiger partial charge in [0, 0.05) is 12.6 Å². The summed E-state index contributed by atoms with van der Waals surface area (Å²) in [6.07, 6.45) is 5.46. The molecule has 0 radical (unpaired) electrons. The molecule has 2 amide bonds. The van der Waals surface area contributed by atoms with Gasteiger partial charge in [0.25, 0.3) is 5.91 Å². The molecule has 0 aromatic heterocycles. The monoisotopic (exact) mass is 406 g/mol. The van der Waals surface area contributed by atoms with Crippen LogP contribution in [-0.2, 0) is 16.1 Å². The normalized spacial score (nSPS) is 20.5. The molecule has 5 nitrogen and oxygen atoms in total. The number of methoxy groups -OCH3 is 1. The third-order valence-corrected chi connectivity index (χ3v) is 6.38. The second-order valence-electron chi connectivity index (χ2n) is 8.44. The van der Waals surface area contributed by atoms with Gasteiger partial charge in [0.15, 0.2) is 0 Å². The van der Waals surface area contributed by atoms with Crippen molar-refractivity contribution >= 4 is 11.8 Å². The van der Waals surface area contributed by atoms with Crippen molar-refractivity contribution in [3.05, 3.63) is 65.2 Å². The van der Waals surface area contributed by atoms with E-state index in [2.05, 4.69) is 0 Å². The fourth-order valence-corrected chi connectivity index (χ4v) is 4.63. The third-order valence-electron chi connectivity index (χ3n) is 6.38. The van der Waals surface area contributed by atoms with Crippen LogP contribution in [0.4, 0.5) is 0 Å². The molecule has 30 heavy (non-hydrogen) atoms. The van der Waals surface area contributed by atoms with Gasteiger partial charge in [0.05, 0.1) is 7.11 Å². The highest BCUT2D eigenvalue weighted by Gasteiger charge is 2.42. The molecule has 158 valence electrons. The summed E-state index contributed by atoms with van der Waals surface area (Å²) in [5, 5.41) is 0. The molecule has 0 bridgehead atoms. The maximum absolute atomic E-state index is 13.7. The van der Waals surface area contributed by atoms with Gasteiger partial charge in [-0.15, -0.1) is 0 Å². The molecule has 1 saturated heterocycles. The van der Waals surface area contributed by atoms with Crippen LogP contribution >= 0.6 is 0 Å². The van der Waals surface area contributed by atoms with Crippen molar-refractivity contribution in [3.63, 3.8) is 0 Å². The Morgan fingerprint density at radius 1 is 0.933 bits per heavy atom. The quantitative estimate of drug-likeness (QED) is 0.746. The molecule has 0 spiro atoms. The van der Waals surface area contributed by atoms with E-state index in [1.165, 1.54) is 12.0 Å². The van der Waals surface area contributed by atoms with Gasteiger partial charge in [-0.25, -0.2) is 0 Å². The topological polar surface area (TPSA) is 49.9 Å². The van der Waals surface area contributed by atoms with Crippen LogP contribution in [-0.4, -0.2) is 41.3 Å². The SMILES string of the molecule is COc1ccc([C@@H]2C(=O)N(C3CCCCC3)CC(=O)N2Cc2ccc(C)cc2)cc1. The number of amides is 2. The molecule has 1 saturated carbocycles. The lowest BCUT2D eigenvalue weighted by atomic mass is 9.91. The molecule has 0 N–H and O–H groups in total. The van der Waals surface area contributed by atoms with Crippen LogP contribution in [0.5, 0.6) is 5.75 Å². The highest BCUT2D eigenvalue weighted by Crippen LogP contribution is 2.34. The van der Waals surface area contributed by atoms with Crippen LogP contribution in [0.25, 0.3) is 0 Å². The Morgan fingerprint density at radius 3 is 2.23 bits per heavy atom. The zero-order chi connectivity index (χ0) is 21.1.